The average molecular weight is 228 g/mol. The number of halogens is 1. The Hall–Kier alpha value is -1.39. The van der Waals surface area contributed by atoms with Gasteiger partial charge in [0, 0.05) is 9.95 Å². The Bertz CT molecular complexity index is 379. The maximum Gasteiger partial charge on any atom is 0.232 e. The predicted octanol–water partition coefficient (Wildman–Crippen LogP) is 1.99. The molecule has 15 heavy (non-hydrogen) atoms. The summed E-state index contributed by atoms with van der Waals surface area (Å²) in [5.41, 5.74) is 0.724. The molecule has 80 valence electrons. The molecule has 0 saturated heterocycles. The molecule has 0 saturated carbocycles. The van der Waals surface area contributed by atoms with Crippen molar-refractivity contribution in [2.45, 2.75) is 6.10 Å². The second kappa shape index (κ2) is 5.48. The molecule has 1 rings (SSSR count). The van der Waals surface area contributed by atoms with Gasteiger partial charge >= 0.3 is 0 Å². The normalized spacial score (nSPS) is 12.9. The van der Waals surface area contributed by atoms with Gasteiger partial charge in [-0.2, -0.15) is 0 Å². The van der Waals surface area contributed by atoms with Crippen LogP contribution in [0.4, 0.5) is 0 Å². The number of hydrogen-bond donors (Lipinski definition) is 1. The van der Waals surface area contributed by atoms with E-state index >= 15 is 0 Å². The standard InChI is InChI=1S/C10H10ClNO3/c11-10-4-2-1-3-8(10)5-6-9(13)7-12(14)15/h1-6,9,13H,7H2/b6-5+/t9-/m0/s1. The lowest BCUT2D eigenvalue weighted by Crippen LogP contribution is -2.16. The minimum absolute atomic E-state index is 0.499. The number of aliphatic hydroxyl groups excluding tert-OH is 1. The van der Waals surface area contributed by atoms with Crippen LogP contribution >= 0.6 is 11.6 Å². The molecule has 0 aromatic heterocycles. The smallest absolute Gasteiger partial charge is 0.232 e. The first-order valence-electron chi connectivity index (χ1n) is 4.32. The molecule has 0 amide bonds. The third kappa shape index (κ3) is 4.10. The van der Waals surface area contributed by atoms with Gasteiger partial charge in [0.05, 0.1) is 0 Å². The van der Waals surface area contributed by atoms with Crippen molar-refractivity contribution in [2.24, 2.45) is 0 Å². The number of nitro groups is 1. The predicted molar refractivity (Wildman–Crippen MR) is 58.4 cm³/mol. The van der Waals surface area contributed by atoms with Crippen LogP contribution in [-0.2, 0) is 0 Å². The van der Waals surface area contributed by atoms with Gasteiger partial charge in [0.25, 0.3) is 0 Å². The molecule has 1 aromatic carbocycles. The molecule has 0 aliphatic rings. The van der Waals surface area contributed by atoms with E-state index in [-0.39, 0.29) is 0 Å². The van der Waals surface area contributed by atoms with E-state index < -0.39 is 17.6 Å². The van der Waals surface area contributed by atoms with Crippen LogP contribution in [0.25, 0.3) is 6.08 Å². The van der Waals surface area contributed by atoms with E-state index in [2.05, 4.69) is 0 Å². The minimum atomic E-state index is -1.09. The average Bonchev–Trinajstić information content (AvgIpc) is 2.15. The van der Waals surface area contributed by atoms with Crippen LogP contribution in [0.5, 0.6) is 0 Å². The molecule has 1 N–H and O–H groups in total. The van der Waals surface area contributed by atoms with Crippen molar-refractivity contribution in [1.29, 1.82) is 0 Å². The Labute approximate surface area is 92.0 Å². The lowest BCUT2D eigenvalue weighted by Gasteiger charge is -1.99. The largest absolute Gasteiger partial charge is 0.382 e. The highest BCUT2D eigenvalue weighted by molar-refractivity contribution is 6.32. The summed E-state index contributed by atoms with van der Waals surface area (Å²) in [4.78, 5) is 9.51. The monoisotopic (exact) mass is 227 g/mol. The van der Waals surface area contributed by atoms with Gasteiger partial charge in [-0.15, -0.1) is 0 Å². The van der Waals surface area contributed by atoms with Gasteiger partial charge in [0.15, 0.2) is 0 Å². The van der Waals surface area contributed by atoms with E-state index in [1.165, 1.54) is 6.08 Å². The summed E-state index contributed by atoms with van der Waals surface area (Å²) in [6.07, 6.45) is 1.83. The zero-order chi connectivity index (χ0) is 11.3. The first-order chi connectivity index (χ1) is 7.09. The second-order valence-electron chi connectivity index (χ2n) is 2.96. The molecule has 0 heterocycles. The molecule has 0 bridgehead atoms. The van der Waals surface area contributed by atoms with Crippen LogP contribution in [0.1, 0.15) is 5.56 Å². The number of benzene rings is 1. The second-order valence-corrected chi connectivity index (χ2v) is 3.37. The van der Waals surface area contributed by atoms with E-state index in [1.54, 1.807) is 30.3 Å². The lowest BCUT2D eigenvalue weighted by atomic mass is 10.2. The topological polar surface area (TPSA) is 63.4 Å². The van der Waals surface area contributed by atoms with E-state index in [9.17, 15) is 15.2 Å². The Morgan fingerprint density at radius 3 is 2.80 bits per heavy atom. The van der Waals surface area contributed by atoms with Gasteiger partial charge in [-0.3, -0.25) is 10.1 Å². The fraction of sp³-hybridized carbons (Fsp3) is 0.200. The van der Waals surface area contributed by atoms with Gasteiger partial charge in [-0.1, -0.05) is 35.9 Å². The van der Waals surface area contributed by atoms with Gasteiger partial charge in [-0.25, -0.2) is 0 Å². The molecule has 0 aliphatic heterocycles. The van der Waals surface area contributed by atoms with E-state index in [4.69, 9.17) is 11.6 Å². The summed E-state index contributed by atoms with van der Waals surface area (Å²) in [7, 11) is 0. The first kappa shape index (κ1) is 11.7. The van der Waals surface area contributed by atoms with E-state index in [0.29, 0.717) is 5.02 Å². The van der Waals surface area contributed by atoms with Crippen molar-refractivity contribution in [1.82, 2.24) is 0 Å². The molecule has 0 aliphatic carbocycles. The number of aliphatic hydroxyl groups is 1. The molecule has 0 fully saturated rings. The molecule has 4 nitrogen and oxygen atoms in total. The summed E-state index contributed by atoms with van der Waals surface area (Å²) in [6, 6.07) is 7.05. The zero-order valence-electron chi connectivity index (χ0n) is 7.84. The van der Waals surface area contributed by atoms with Crippen molar-refractivity contribution < 1.29 is 10.0 Å². The summed E-state index contributed by atoms with van der Waals surface area (Å²) in [5.74, 6) is 0. The SMILES string of the molecule is O=[N+]([O-])C[C@@H](O)/C=C/c1ccccc1Cl. The van der Waals surface area contributed by atoms with Crippen molar-refractivity contribution in [2.75, 3.05) is 6.54 Å². The van der Waals surface area contributed by atoms with Gasteiger partial charge in [0.2, 0.25) is 6.54 Å². The Morgan fingerprint density at radius 2 is 2.20 bits per heavy atom. The molecule has 1 aromatic rings. The summed E-state index contributed by atoms with van der Waals surface area (Å²) in [6.45, 7) is -0.499. The highest BCUT2D eigenvalue weighted by Crippen LogP contribution is 2.16. The number of hydrogen-bond acceptors (Lipinski definition) is 3. The highest BCUT2D eigenvalue weighted by Gasteiger charge is 2.06. The van der Waals surface area contributed by atoms with Crippen molar-refractivity contribution >= 4 is 17.7 Å². The van der Waals surface area contributed by atoms with Crippen LogP contribution in [-0.4, -0.2) is 22.7 Å². The Morgan fingerprint density at radius 1 is 1.53 bits per heavy atom. The Balaban J connectivity index is 2.65. The summed E-state index contributed by atoms with van der Waals surface area (Å²) < 4.78 is 0. The van der Waals surface area contributed by atoms with Crippen molar-refractivity contribution in [3.8, 4) is 0 Å². The third-order valence-corrected chi connectivity index (χ3v) is 2.08. The maximum atomic E-state index is 10.1. The van der Waals surface area contributed by atoms with Crippen LogP contribution in [0.2, 0.25) is 5.02 Å². The van der Waals surface area contributed by atoms with E-state index in [0.717, 1.165) is 5.56 Å². The summed E-state index contributed by atoms with van der Waals surface area (Å²) in [5, 5.41) is 19.8. The lowest BCUT2D eigenvalue weighted by molar-refractivity contribution is -0.487. The van der Waals surface area contributed by atoms with Crippen LogP contribution in [0.3, 0.4) is 0 Å². The molecule has 0 unspecified atom stereocenters. The maximum absolute atomic E-state index is 10.1. The number of rotatable bonds is 4. The molecule has 0 radical (unpaired) electrons. The van der Waals surface area contributed by atoms with Crippen LogP contribution < -0.4 is 0 Å². The fourth-order valence-electron chi connectivity index (χ4n) is 1.04. The first-order valence-corrected chi connectivity index (χ1v) is 4.70. The van der Waals surface area contributed by atoms with Crippen LogP contribution in [0.15, 0.2) is 30.3 Å². The molecular formula is C10H10ClNO3. The van der Waals surface area contributed by atoms with Gasteiger partial charge in [0.1, 0.15) is 6.10 Å². The van der Waals surface area contributed by atoms with Crippen molar-refractivity contribution in [3.05, 3.63) is 51.0 Å². The van der Waals surface area contributed by atoms with Gasteiger partial charge < -0.3 is 5.11 Å². The highest BCUT2D eigenvalue weighted by atomic mass is 35.5. The van der Waals surface area contributed by atoms with Gasteiger partial charge in [-0.05, 0) is 17.7 Å². The van der Waals surface area contributed by atoms with Crippen molar-refractivity contribution in [3.63, 3.8) is 0 Å². The fourth-order valence-corrected chi connectivity index (χ4v) is 1.24. The minimum Gasteiger partial charge on any atom is -0.382 e. The molecule has 5 heteroatoms. The molecule has 1 atom stereocenters. The van der Waals surface area contributed by atoms with E-state index in [1.807, 2.05) is 0 Å². The quantitative estimate of drug-likeness (QED) is 0.632. The molecular weight excluding hydrogens is 218 g/mol. The zero-order valence-corrected chi connectivity index (χ0v) is 8.59. The third-order valence-electron chi connectivity index (χ3n) is 1.74. The molecule has 0 spiro atoms. The summed E-state index contributed by atoms with van der Waals surface area (Å²) >= 11 is 5.85. The Kier molecular flexibility index (Phi) is 4.27. The number of nitrogens with zero attached hydrogens (tertiary/aromatic N) is 1. The van der Waals surface area contributed by atoms with Crippen LogP contribution in [0, 0.1) is 10.1 Å².